The summed E-state index contributed by atoms with van der Waals surface area (Å²) in [6, 6.07) is 23.8. The van der Waals surface area contributed by atoms with Crippen molar-refractivity contribution >= 4 is 16.9 Å². The minimum Gasteiger partial charge on any atom is -0.258 e. The summed E-state index contributed by atoms with van der Waals surface area (Å²) in [7, 11) is 0. The zero-order valence-electron chi connectivity index (χ0n) is 14.6. The summed E-state index contributed by atoms with van der Waals surface area (Å²) in [6.45, 7) is 3.15. The highest BCUT2D eigenvalue weighted by Crippen LogP contribution is 2.48. The molecule has 0 aliphatic carbocycles. The zero-order valence-corrected chi connectivity index (χ0v) is 14.6. The lowest BCUT2D eigenvalue weighted by Crippen LogP contribution is -2.36. The van der Waals surface area contributed by atoms with Gasteiger partial charge in [0.25, 0.3) is 0 Å². The first-order valence-corrected chi connectivity index (χ1v) is 8.97. The molecule has 0 spiro atoms. The predicted molar refractivity (Wildman–Crippen MR) is 105 cm³/mol. The van der Waals surface area contributed by atoms with Crippen molar-refractivity contribution in [2.24, 2.45) is 0 Å². The number of fused-ring (bicyclic) bond motifs is 1. The van der Waals surface area contributed by atoms with E-state index in [1.54, 1.807) is 0 Å². The molecular formula is C23H23N2+. The molecule has 1 aliphatic heterocycles. The van der Waals surface area contributed by atoms with Gasteiger partial charge in [0.05, 0.1) is 6.20 Å². The molecule has 0 N–H and O–H groups in total. The van der Waals surface area contributed by atoms with Crippen molar-refractivity contribution in [3.8, 4) is 0 Å². The molecule has 0 bridgehead atoms. The number of nitrogens with zero attached hydrogens (tertiary/aromatic N) is 2. The van der Waals surface area contributed by atoms with E-state index in [1.807, 2.05) is 18.5 Å². The fraction of sp³-hybridized carbons (Fsp3) is 0.174. The van der Waals surface area contributed by atoms with Gasteiger partial charge in [-0.05, 0) is 18.6 Å². The molecule has 2 heteroatoms. The largest absolute Gasteiger partial charge is 0.258 e. The number of rotatable bonds is 5. The monoisotopic (exact) mass is 327 g/mol. The maximum atomic E-state index is 4.41. The van der Waals surface area contributed by atoms with Crippen LogP contribution in [0.5, 0.6) is 0 Å². The van der Waals surface area contributed by atoms with Gasteiger partial charge in [0.15, 0.2) is 11.4 Å². The molecule has 2 nitrogen and oxygen atoms in total. The maximum absolute atomic E-state index is 4.41. The third kappa shape index (κ3) is 2.79. The minimum absolute atomic E-state index is 0.712. The van der Waals surface area contributed by atoms with Crippen molar-refractivity contribution in [1.82, 2.24) is 9.47 Å². The maximum Gasteiger partial charge on any atom is 0.161 e. The van der Waals surface area contributed by atoms with Gasteiger partial charge in [0.2, 0.25) is 0 Å². The average molecular weight is 327 g/mol. The number of aromatic nitrogens is 1. The molecule has 1 aromatic heterocycles. The van der Waals surface area contributed by atoms with Crippen LogP contribution >= 0.6 is 0 Å². The molecule has 1 aliphatic rings. The van der Waals surface area contributed by atoms with E-state index < -0.39 is 0 Å². The van der Waals surface area contributed by atoms with Crippen LogP contribution in [0.4, 0.5) is 11.4 Å². The molecule has 0 amide bonds. The zero-order chi connectivity index (χ0) is 17.1. The Morgan fingerprint density at radius 1 is 0.880 bits per heavy atom. The normalized spacial score (nSPS) is 18.7. The molecule has 4 rings (SSSR count). The number of pyridine rings is 1. The van der Waals surface area contributed by atoms with Gasteiger partial charge >= 0.3 is 0 Å². The van der Waals surface area contributed by atoms with E-state index in [4.69, 9.17) is 0 Å². The lowest BCUT2D eigenvalue weighted by Gasteiger charge is -2.31. The van der Waals surface area contributed by atoms with Gasteiger partial charge in [-0.2, -0.15) is 0 Å². The van der Waals surface area contributed by atoms with Gasteiger partial charge in [-0.25, -0.2) is 4.48 Å². The Balaban J connectivity index is 1.93. The summed E-state index contributed by atoms with van der Waals surface area (Å²) in [5, 5.41) is 0. The summed E-state index contributed by atoms with van der Waals surface area (Å²) in [6.07, 6.45) is 8.55. The van der Waals surface area contributed by atoms with E-state index in [-0.39, 0.29) is 0 Å². The van der Waals surface area contributed by atoms with Gasteiger partial charge in [0, 0.05) is 35.0 Å². The van der Waals surface area contributed by atoms with E-state index in [9.17, 15) is 0 Å². The SMILES string of the molecule is CCCC1=C[N+](Cc2ccccc2)(c2cccnc2)c2ccccc21. The smallest absolute Gasteiger partial charge is 0.161 e. The predicted octanol–water partition coefficient (Wildman–Crippen LogP) is 6.08. The minimum atomic E-state index is 0.712. The molecular weight excluding hydrogens is 304 g/mol. The van der Waals surface area contributed by atoms with Crippen LogP contribution in [-0.4, -0.2) is 4.98 Å². The Kier molecular flexibility index (Phi) is 4.21. The second-order valence-corrected chi connectivity index (χ2v) is 6.65. The van der Waals surface area contributed by atoms with Crippen molar-refractivity contribution in [2.45, 2.75) is 26.3 Å². The molecule has 1 unspecified atom stereocenters. The Morgan fingerprint density at radius 3 is 2.44 bits per heavy atom. The van der Waals surface area contributed by atoms with Crippen molar-refractivity contribution in [1.29, 1.82) is 0 Å². The molecule has 124 valence electrons. The van der Waals surface area contributed by atoms with E-state index in [1.165, 1.54) is 28.1 Å². The number of hydrogen-bond acceptors (Lipinski definition) is 1. The van der Waals surface area contributed by atoms with Gasteiger partial charge < -0.3 is 0 Å². The van der Waals surface area contributed by atoms with E-state index in [2.05, 4.69) is 78.8 Å². The second kappa shape index (κ2) is 6.66. The van der Waals surface area contributed by atoms with Crippen LogP contribution in [0.15, 0.2) is 85.3 Å². The third-order valence-electron chi connectivity index (χ3n) is 4.96. The van der Waals surface area contributed by atoms with E-state index in [0.717, 1.165) is 19.4 Å². The summed E-state index contributed by atoms with van der Waals surface area (Å²) in [4.78, 5) is 4.41. The van der Waals surface area contributed by atoms with E-state index >= 15 is 0 Å². The third-order valence-corrected chi connectivity index (χ3v) is 4.96. The highest BCUT2D eigenvalue weighted by molar-refractivity contribution is 5.86. The van der Waals surface area contributed by atoms with Crippen LogP contribution in [-0.2, 0) is 6.54 Å². The van der Waals surface area contributed by atoms with Gasteiger partial charge in [-0.15, -0.1) is 0 Å². The van der Waals surface area contributed by atoms with Crippen LogP contribution in [0.1, 0.15) is 30.9 Å². The van der Waals surface area contributed by atoms with Crippen LogP contribution in [0.3, 0.4) is 0 Å². The summed E-state index contributed by atoms with van der Waals surface area (Å²) in [5.41, 5.74) is 6.71. The molecule has 2 aromatic carbocycles. The van der Waals surface area contributed by atoms with E-state index in [0.29, 0.717) is 4.48 Å². The molecule has 0 fully saturated rings. The molecule has 25 heavy (non-hydrogen) atoms. The Bertz CT molecular complexity index is 884. The number of benzene rings is 2. The summed E-state index contributed by atoms with van der Waals surface area (Å²) < 4.78 is 0.712. The van der Waals surface area contributed by atoms with Crippen LogP contribution in [0.2, 0.25) is 0 Å². The lowest BCUT2D eigenvalue weighted by molar-refractivity contribution is 0.505. The Morgan fingerprint density at radius 2 is 1.68 bits per heavy atom. The highest BCUT2D eigenvalue weighted by atomic mass is 15.4. The average Bonchev–Trinajstić information content (AvgIpc) is 2.99. The fourth-order valence-electron chi connectivity index (χ4n) is 3.86. The lowest BCUT2D eigenvalue weighted by atomic mass is 10.0. The molecule has 2 heterocycles. The van der Waals surface area contributed by atoms with Gasteiger partial charge in [-0.3, -0.25) is 4.98 Å². The second-order valence-electron chi connectivity index (χ2n) is 6.65. The summed E-state index contributed by atoms with van der Waals surface area (Å²) in [5.74, 6) is 0. The van der Waals surface area contributed by atoms with Crippen LogP contribution in [0, 0.1) is 0 Å². The number of quaternary nitrogens is 1. The Hall–Kier alpha value is -2.71. The van der Waals surface area contributed by atoms with Gasteiger partial charge in [0.1, 0.15) is 12.7 Å². The standard InChI is InChI=1S/C23H23N2/c1-2-9-20-18-25(21-12-8-15-24-16-21,17-19-10-4-3-5-11-19)23-14-7-6-13-22(20)23/h3-8,10-16,18H,2,9,17H2,1H3/q+1. The van der Waals surface area contributed by atoms with Crippen molar-refractivity contribution < 1.29 is 0 Å². The van der Waals surface area contributed by atoms with Crippen LogP contribution < -0.4 is 4.48 Å². The first-order valence-electron chi connectivity index (χ1n) is 8.97. The number of para-hydroxylation sites is 1. The molecule has 1 atom stereocenters. The fourth-order valence-corrected chi connectivity index (χ4v) is 3.86. The quantitative estimate of drug-likeness (QED) is 0.518. The first kappa shape index (κ1) is 15.8. The molecule has 0 saturated carbocycles. The number of hydrogen-bond donors (Lipinski definition) is 0. The first-order chi connectivity index (χ1) is 12.3. The molecule has 0 saturated heterocycles. The number of allylic oxidation sites excluding steroid dienone is 1. The van der Waals surface area contributed by atoms with Crippen molar-refractivity contribution in [2.75, 3.05) is 0 Å². The van der Waals surface area contributed by atoms with Gasteiger partial charge in [-0.1, -0.05) is 55.8 Å². The highest BCUT2D eigenvalue weighted by Gasteiger charge is 2.40. The molecule has 0 radical (unpaired) electrons. The molecule has 3 aromatic rings. The summed E-state index contributed by atoms with van der Waals surface area (Å²) >= 11 is 0. The van der Waals surface area contributed by atoms with Crippen molar-refractivity contribution in [3.05, 3.63) is 96.5 Å². The van der Waals surface area contributed by atoms with Crippen LogP contribution in [0.25, 0.3) is 5.57 Å². The topological polar surface area (TPSA) is 12.9 Å². The van der Waals surface area contributed by atoms with Crippen molar-refractivity contribution in [3.63, 3.8) is 0 Å². The Labute approximate surface area is 149 Å².